The highest BCUT2D eigenvalue weighted by atomic mass is 32.1. The minimum atomic E-state index is -0.0278. The number of thiophene rings is 1. The molecule has 5 aromatic heterocycles. The standard InChI is InChI=1S/C23H20N6O2S/c1-14-20-16(12-17(18-7-5-11-32-18)24-22(20)31-27-14)23(30)28-9-4-6-15(13-28)21-26-25-19-8-2-3-10-29(19)21/h2-3,5,7-8,10-12,15H,4,6,9,13H2,1H3. The minimum absolute atomic E-state index is 0.0278. The predicted octanol–water partition coefficient (Wildman–Crippen LogP) is 4.32. The van der Waals surface area contributed by atoms with Crippen molar-refractivity contribution in [3.05, 3.63) is 65.1 Å². The number of rotatable bonds is 3. The van der Waals surface area contributed by atoms with Crippen LogP contribution in [0.3, 0.4) is 0 Å². The van der Waals surface area contributed by atoms with E-state index < -0.39 is 0 Å². The van der Waals surface area contributed by atoms with E-state index in [0.29, 0.717) is 35.4 Å². The van der Waals surface area contributed by atoms with Gasteiger partial charge in [-0.25, -0.2) is 4.98 Å². The van der Waals surface area contributed by atoms with Crippen LogP contribution in [-0.2, 0) is 0 Å². The number of piperidine rings is 1. The van der Waals surface area contributed by atoms with Crippen molar-refractivity contribution in [3.8, 4) is 10.6 Å². The molecule has 1 amide bonds. The highest BCUT2D eigenvalue weighted by Gasteiger charge is 2.30. The van der Waals surface area contributed by atoms with Crippen molar-refractivity contribution in [2.45, 2.75) is 25.7 Å². The number of fused-ring (bicyclic) bond motifs is 2. The van der Waals surface area contributed by atoms with Crippen molar-refractivity contribution in [1.29, 1.82) is 0 Å². The molecule has 6 rings (SSSR count). The first-order valence-corrected chi connectivity index (χ1v) is 11.5. The van der Waals surface area contributed by atoms with E-state index in [2.05, 4.69) is 20.3 Å². The van der Waals surface area contributed by atoms with Crippen molar-refractivity contribution in [2.24, 2.45) is 0 Å². The smallest absolute Gasteiger partial charge is 0.259 e. The zero-order valence-electron chi connectivity index (χ0n) is 17.4. The molecule has 1 unspecified atom stereocenters. The maximum Gasteiger partial charge on any atom is 0.259 e. The minimum Gasteiger partial charge on any atom is -0.338 e. The molecule has 0 N–H and O–H groups in total. The average molecular weight is 445 g/mol. The highest BCUT2D eigenvalue weighted by molar-refractivity contribution is 7.13. The monoisotopic (exact) mass is 444 g/mol. The molecule has 0 bridgehead atoms. The first-order valence-electron chi connectivity index (χ1n) is 10.6. The van der Waals surface area contributed by atoms with Gasteiger partial charge in [0, 0.05) is 25.2 Å². The molecule has 32 heavy (non-hydrogen) atoms. The normalized spacial score (nSPS) is 16.8. The number of amides is 1. The number of nitrogens with zero attached hydrogens (tertiary/aromatic N) is 6. The number of aromatic nitrogens is 5. The summed E-state index contributed by atoms with van der Waals surface area (Å²) in [5.74, 6) is 1.00. The summed E-state index contributed by atoms with van der Waals surface area (Å²) in [7, 11) is 0. The summed E-state index contributed by atoms with van der Waals surface area (Å²) in [4.78, 5) is 21.3. The van der Waals surface area contributed by atoms with E-state index in [1.165, 1.54) is 0 Å². The molecule has 1 fully saturated rings. The summed E-state index contributed by atoms with van der Waals surface area (Å²) in [6, 6.07) is 11.7. The van der Waals surface area contributed by atoms with Crippen LogP contribution in [0.4, 0.5) is 0 Å². The molecule has 9 heteroatoms. The van der Waals surface area contributed by atoms with E-state index >= 15 is 0 Å². The Morgan fingerprint density at radius 1 is 1.22 bits per heavy atom. The molecule has 8 nitrogen and oxygen atoms in total. The molecule has 1 atom stereocenters. The molecule has 0 radical (unpaired) electrons. The quantitative estimate of drug-likeness (QED) is 0.412. The van der Waals surface area contributed by atoms with Gasteiger partial charge in [0.1, 0.15) is 5.82 Å². The summed E-state index contributed by atoms with van der Waals surface area (Å²) in [5.41, 5.74) is 3.20. The summed E-state index contributed by atoms with van der Waals surface area (Å²) in [6.07, 6.45) is 3.86. The molecule has 0 saturated carbocycles. The van der Waals surface area contributed by atoms with Gasteiger partial charge >= 0.3 is 0 Å². The number of pyridine rings is 2. The van der Waals surface area contributed by atoms with Gasteiger partial charge in [0.15, 0.2) is 5.65 Å². The third-order valence-electron chi connectivity index (χ3n) is 6.03. The predicted molar refractivity (Wildman–Crippen MR) is 121 cm³/mol. The van der Waals surface area contributed by atoms with Gasteiger partial charge in [-0.15, -0.1) is 21.5 Å². The Morgan fingerprint density at radius 2 is 2.16 bits per heavy atom. The van der Waals surface area contributed by atoms with Crippen LogP contribution in [0, 0.1) is 6.92 Å². The number of likely N-dealkylation sites (tertiary alicyclic amines) is 1. The largest absolute Gasteiger partial charge is 0.338 e. The summed E-state index contributed by atoms with van der Waals surface area (Å²) in [6.45, 7) is 3.14. The Kier molecular flexibility index (Phi) is 4.50. The van der Waals surface area contributed by atoms with Crippen LogP contribution >= 0.6 is 11.3 Å². The second-order valence-corrected chi connectivity index (χ2v) is 9.01. The van der Waals surface area contributed by atoms with Gasteiger partial charge in [-0.1, -0.05) is 17.3 Å². The molecule has 1 aliphatic heterocycles. The Hall–Kier alpha value is -3.59. The van der Waals surface area contributed by atoms with Gasteiger partial charge in [0.25, 0.3) is 11.6 Å². The highest BCUT2D eigenvalue weighted by Crippen LogP contribution is 2.32. The lowest BCUT2D eigenvalue weighted by Gasteiger charge is -2.32. The SMILES string of the molecule is Cc1noc2nc(-c3cccs3)cc(C(=O)N3CCCC(c4nnc5ccccn45)C3)c12. The molecule has 0 spiro atoms. The van der Waals surface area contributed by atoms with Gasteiger partial charge in [0.2, 0.25) is 0 Å². The lowest BCUT2D eigenvalue weighted by molar-refractivity contribution is 0.0706. The Bertz CT molecular complexity index is 1440. The van der Waals surface area contributed by atoms with E-state index in [1.54, 1.807) is 11.3 Å². The fourth-order valence-corrected chi connectivity index (χ4v) is 5.18. The first kappa shape index (κ1) is 19.1. The molecule has 0 aromatic carbocycles. The molecule has 5 aromatic rings. The number of hydrogen-bond acceptors (Lipinski definition) is 7. The van der Waals surface area contributed by atoms with Gasteiger partial charge < -0.3 is 9.42 Å². The zero-order chi connectivity index (χ0) is 21.7. The van der Waals surface area contributed by atoms with Gasteiger partial charge in [-0.2, -0.15) is 0 Å². The maximum absolute atomic E-state index is 13.8. The number of hydrogen-bond donors (Lipinski definition) is 0. The van der Waals surface area contributed by atoms with Crippen molar-refractivity contribution in [2.75, 3.05) is 13.1 Å². The lowest BCUT2D eigenvalue weighted by atomic mass is 9.96. The van der Waals surface area contributed by atoms with E-state index in [9.17, 15) is 4.79 Å². The number of carbonyl (C=O) groups excluding carboxylic acids is 1. The lowest BCUT2D eigenvalue weighted by Crippen LogP contribution is -2.39. The first-order chi connectivity index (χ1) is 15.7. The third kappa shape index (κ3) is 3.08. The van der Waals surface area contributed by atoms with E-state index in [-0.39, 0.29) is 11.8 Å². The molecule has 160 valence electrons. The Balaban J connectivity index is 1.37. The summed E-state index contributed by atoms with van der Waals surface area (Å²) >= 11 is 1.58. The van der Waals surface area contributed by atoms with Crippen molar-refractivity contribution in [1.82, 2.24) is 29.6 Å². The van der Waals surface area contributed by atoms with Crippen molar-refractivity contribution >= 4 is 34.0 Å². The van der Waals surface area contributed by atoms with Crippen molar-refractivity contribution in [3.63, 3.8) is 0 Å². The maximum atomic E-state index is 13.8. The van der Waals surface area contributed by atoms with Gasteiger partial charge in [-0.3, -0.25) is 9.20 Å². The van der Waals surface area contributed by atoms with Crippen LogP contribution in [0.2, 0.25) is 0 Å². The molecule has 1 aliphatic rings. The topological polar surface area (TPSA) is 89.4 Å². The number of carbonyl (C=O) groups is 1. The second kappa shape index (κ2) is 7.52. The van der Waals surface area contributed by atoms with Crippen molar-refractivity contribution < 1.29 is 9.32 Å². The third-order valence-corrected chi connectivity index (χ3v) is 6.93. The van der Waals surface area contributed by atoms with Gasteiger partial charge in [0.05, 0.1) is 27.2 Å². The molecule has 1 saturated heterocycles. The second-order valence-electron chi connectivity index (χ2n) is 8.06. The molecule has 6 heterocycles. The average Bonchev–Trinajstić information content (AvgIpc) is 3.58. The van der Waals surface area contributed by atoms with Crippen LogP contribution in [0.25, 0.3) is 27.3 Å². The molecular weight excluding hydrogens is 424 g/mol. The van der Waals surface area contributed by atoms with Crippen LogP contribution in [0.15, 0.2) is 52.5 Å². The van der Waals surface area contributed by atoms with E-state index in [0.717, 1.165) is 34.9 Å². The fourth-order valence-electron chi connectivity index (χ4n) is 4.49. The van der Waals surface area contributed by atoms with Gasteiger partial charge in [-0.05, 0) is 49.4 Å². The van der Waals surface area contributed by atoms with Crippen LogP contribution in [0.1, 0.15) is 40.6 Å². The molecule has 0 aliphatic carbocycles. The van der Waals surface area contributed by atoms with Crippen LogP contribution in [-0.4, -0.2) is 48.6 Å². The Morgan fingerprint density at radius 3 is 3.03 bits per heavy atom. The molecular formula is C23H20N6O2S. The summed E-state index contributed by atoms with van der Waals surface area (Å²) in [5, 5.41) is 15.5. The fraction of sp³-hybridized carbons (Fsp3) is 0.261. The van der Waals surface area contributed by atoms with Crippen LogP contribution < -0.4 is 0 Å². The zero-order valence-corrected chi connectivity index (χ0v) is 18.2. The van der Waals surface area contributed by atoms with E-state index in [1.807, 2.05) is 64.2 Å². The summed E-state index contributed by atoms with van der Waals surface area (Å²) < 4.78 is 7.46. The Labute approximate surface area is 187 Å². The van der Waals surface area contributed by atoms with E-state index in [4.69, 9.17) is 4.52 Å². The number of aryl methyl sites for hydroxylation is 1. The van der Waals surface area contributed by atoms with Crippen LogP contribution in [0.5, 0.6) is 0 Å².